The molecule has 0 bridgehead atoms. The van der Waals surface area contributed by atoms with E-state index < -0.39 is 30.8 Å². The van der Waals surface area contributed by atoms with Crippen molar-refractivity contribution in [2.45, 2.75) is 31.4 Å². The Kier molecular flexibility index (Phi) is 4.12. The molecule has 0 spiro atoms. The van der Waals surface area contributed by atoms with Crippen molar-refractivity contribution in [1.29, 1.82) is 0 Å². The van der Waals surface area contributed by atoms with Gasteiger partial charge in [0.2, 0.25) is 5.91 Å². The maximum atomic E-state index is 13.2. The Morgan fingerprint density at radius 3 is 2.96 bits per heavy atom. The summed E-state index contributed by atoms with van der Waals surface area (Å²) in [6.07, 6.45) is 3.05. The molecule has 2 aromatic rings. The van der Waals surface area contributed by atoms with Crippen molar-refractivity contribution in [1.82, 2.24) is 20.4 Å². The first-order valence-electron chi connectivity index (χ1n) is 7.46. The van der Waals surface area contributed by atoms with Crippen molar-refractivity contribution in [3.63, 3.8) is 0 Å². The fraction of sp³-hybridized carbons (Fsp3) is 0.375. The van der Waals surface area contributed by atoms with Gasteiger partial charge in [-0.2, -0.15) is 5.10 Å². The van der Waals surface area contributed by atoms with Gasteiger partial charge >= 0.3 is 0 Å². The summed E-state index contributed by atoms with van der Waals surface area (Å²) in [6, 6.07) is 8.27. The van der Waals surface area contributed by atoms with Gasteiger partial charge < -0.3 is 5.32 Å². The van der Waals surface area contributed by atoms with Gasteiger partial charge in [0.25, 0.3) is 5.92 Å². The average Bonchev–Trinajstić information content (AvgIpc) is 3.16. The summed E-state index contributed by atoms with van der Waals surface area (Å²) in [5, 5.41) is 9.51. The van der Waals surface area contributed by atoms with E-state index in [4.69, 9.17) is 0 Å². The predicted octanol–water partition coefficient (Wildman–Crippen LogP) is 2.05. The predicted molar refractivity (Wildman–Crippen MR) is 81.5 cm³/mol. The van der Waals surface area contributed by atoms with Gasteiger partial charge in [-0.05, 0) is 30.7 Å². The van der Waals surface area contributed by atoms with E-state index in [0.29, 0.717) is 0 Å². The summed E-state index contributed by atoms with van der Waals surface area (Å²) >= 11 is 0. The maximum Gasteiger partial charge on any atom is 0.262 e. The third kappa shape index (κ3) is 3.56. The van der Waals surface area contributed by atoms with E-state index in [1.54, 1.807) is 10.9 Å². The van der Waals surface area contributed by atoms with Crippen LogP contribution in [0.3, 0.4) is 0 Å². The van der Waals surface area contributed by atoms with Crippen LogP contribution >= 0.6 is 0 Å². The molecule has 2 heterocycles. The van der Waals surface area contributed by atoms with Crippen LogP contribution in [0.2, 0.25) is 0 Å². The first-order chi connectivity index (χ1) is 10.9. The van der Waals surface area contributed by atoms with Crippen LogP contribution in [-0.4, -0.2) is 34.2 Å². The van der Waals surface area contributed by atoms with Gasteiger partial charge in [0.05, 0.1) is 24.3 Å². The van der Waals surface area contributed by atoms with Crippen LogP contribution in [0.25, 0.3) is 5.69 Å². The molecule has 1 aliphatic rings. The van der Waals surface area contributed by atoms with E-state index in [1.807, 2.05) is 43.5 Å². The van der Waals surface area contributed by atoms with Gasteiger partial charge in [0.1, 0.15) is 0 Å². The molecule has 1 fully saturated rings. The number of hydrogen-bond acceptors (Lipinski definition) is 3. The molecule has 2 N–H and O–H groups in total. The number of hydrogen-bond donors (Lipinski definition) is 2. The van der Waals surface area contributed by atoms with Crippen molar-refractivity contribution in [2.24, 2.45) is 0 Å². The number of halogens is 2. The summed E-state index contributed by atoms with van der Waals surface area (Å²) in [4.78, 5) is 12.1. The molecule has 3 rings (SSSR count). The molecule has 23 heavy (non-hydrogen) atoms. The second kappa shape index (κ2) is 6.08. The number of carbonyl (C=O) groups excluding carboxylic acids is 1. The van der Waals surface area contributed by atoms with Gasteiger partial charge in [-0.25, -0.2) is 13.5 Å². The minimum atomic E-state index is -2.81. The summed E-state index contributed by atoms with van der Waals surface area (Å²) in [5.74, 6) is -3.22. The minimum absolute atomic E-state index is 0.283. The van der Waals surface area contributed by atoms with Crippen LogP contribution < -0.4 is 10.6 Å². The number of amides is 1. The fourth-order valence-corrected chi connectivity index (χ4v) is 2.66. The van der Waals surface area contributed by atoms with E-state index in [0.717, 1.165) is 11.3 Å². The van der Waals surface area contributed by atoms with Crippen LogP contribution in [0, 0.1) is 0 Å². The Labute approximate surface area is 132 Å². The lowest BCUT2D eigenvalue weighted by Crippen LogP contribution is -2.41. The van der Waals surface area contributed by atoms with Crippen molar-refractivity contribution in [3.8, 4) is 5.69 Å². The third-order valence-electron chi connectivity index (χ3n) is 3.92. The van der Waals surface area contributed by atoms with E-state index in [1.165, 1.54) is 0 Å². The Morgan fingerprint density at radius 2 is 2.30 bits per heavy atom. The Balaban J connectivity index is 1.68. The zero-order chi connectivity index (χ0) is 16.4. The van der Waals surface area contributed by atoms with Crippen LogP contribution in [0.4, 0.5) is 8.78 Å². The first kappa shape index (κ1) is 15.6. The van der Waals surface area contributed by atoms with Crippen molar-refractivity contribution in [2.75, 3.05) is 6.54 Å². The Morgan fingerprint density at radius 1 is 1.48 bits per heavy atom. The molecule has 2 unspecified atom stereocenters. The maximum absolute atomic E-state index is 13.2. The van der Waals surface area contributed by atoms with Crippen LogP contribution in [0.15, 0.2) is 42.7 Å². The van der Waals surface area contributed by atoms with E-state index in [2.05, 4.69) is 15.7 Å². The highest BCUT2D eigenvalue weighted by molar-refractivity contribution is 5.82. The molecular formula is C16H18F2N4O. The lowest BCUT2D eigenvalue weighted by atomic mass is 10.1. The number of aromatic nitrogens is 2. The standard InChI is InChI=1S/C16H18F2N4O/c1-11(21-15(23)14-9-16(17,18)10-19-14)12-4-2-5-13(8-12)22-7-3-6-20-22/h2-8,11,14,19H,9-10H2,1H3,(H,21,23). The van der Waals surface area contributed by atoms with E-state index in [9.17, 15) is 13.6 Å². The number of rotatable bonds is 4. The third-order valence-corrected chi connectivity index (χ3v) is 3.92. The number of alkyl halides is 2. The second-order valence-electron chi connectivity index (χ2n) is 5.77. The summed E-state index contributed by atoms with van der Waals surface area (Å²) < 4.78 is 28.1. The molecular weight excluding hydrogens is 302 g/mol. The number of carbonyl (C=O) groups is 1. The molecule has 2 atom stereocenters. The molecule has 1 saturated heterocycles. The highest BCUT2D eigenvalue weighted by Crippen LogP contribution is 2.25. The highest BCUT2D eigenvalue weighted by Gasteiger charge is 2.42. The SMILES string of the molecule is CC(NC(=O)C1CC(F)(F)CN1)c1cccc(-n2cccn2)c1. The molecule has 7 heteroatoms. The average molecular weight is 320 g/mol. The lowest BCUT2D eigenvalue weighted by molar-refractivity contribution is -0.124. The van der Waals surface area contributed by atoms with Crippen LogP contribution in [0.1, 0.15) is 24.9 Å². The van der Waals surface area contributed by atoms with Crippen molar-refractivity contribution in [3.05, 3.63) is 48.3 Å². The quantitative estimate of drug-likeness (QED) is 0.906. The highest BCUT2D eigenvalue weighted by atomic mass is 19.3. The zero-order valence-electron chi connectivity index (χ0n) is 12.7. The summed E-state index contributed by atoms with van der Waals surface area (Å²) in [5.41, 5.74) is 1.76. The van der Waals surface area contributed by atoms with E-state index >= 15 is 0 Å². The molecule has 1 aromatic carbocycles. The summed E-state index contributed by atoms with van der Waals surface area (Å²) in [6.45, 7) is 1.38. The number of nitrogens with one attached hydrogen (secondary N) is 2. The van der Waals surface area contributed by atoms with Crippen LogP contribution in [0.5, 0.6) is 0 Å². The Hall–Kier alpha value is -2.28. The van der Waals surface area contributed by atoms with Gasteiger partial charge in [-0.15, -0.1) is 0 Å². The molecule has 1 amide bonds. The number of benzene rings is 1. The van der Waals surface area contributed by atoms with E-state index in [-0.39, 0.29) is 6.04 Å². The minimum Gasteiger partial charge on any atom is -0.348 e. The molecule has 122 valence electrons. The monoisotopic (exact) mass is 320 g/mol. The smallest absolute Gasteiger partial charge is 0.262 e. The van der Waals surface area contributed by atoms with Crippen LogP contribution in [-0.2, 0) is 4.79 Å². The second-order valence-corrected chi connectivity index (χ2v) is 5.77. The first-order valence-corrected chi connectivity index (χ1v) is 7.46. The van der Waals surface area contributed by atoms with Crippen molar-refractivity contribution < 1.29 is 13.6 Å². The molecule has 1 aliphatic heterocycles. The number of nitrogens with zero attached hydrogens (tertiary/aromatic N) is 2. The molecule has 5 nitrogen and oxygen atoms in total. The molecule has 0 saturated carbocycles. The topological polar surface area (TPSA) is 59.0 Å². The van der Waals surface area contributed by atoms with Gasteiger partial charge in [0, 0.05) is 18.8 Å². The molecule has 0 radical (unpaired) electrons. The normalized spacial score (nSPS) is 21.1. The largest absolute Gasteiger partial charge is 0.348 e. The Bertz CT molecular complexity index is 687. The molecule has 1 aromatic heterocycles. The lowest BCUT2D eigenvalue weighted by Gasteiger charge is -2.18. The summed E-state index contributed by atoms with van der Waals surface area (Å²) in [7, 11) is 0. The van der Waals surface area contributed by atoms with Gasteiger partial charge in [0.15, 0.2) is 0 Å². The van der Waals surface area contributed by atoms with Gasteiger partial charge in [-0.3, -0.25) is 10.1 Å². The fourth-order valence-electron chi connectivity index (χ4n) is 2.66. The zero-order valence-corrected chi connectivity index (χ0v) is 12.7. The van der Waals surface area contributed by atoms with Crippen molar-refractivity contribution >= 4 is 5.91 Å². The van der Waals surface area contributed by atoms with Gasteiger partial charge in [-0.1, -0.05) is 12.1 Å². The molecule has 0 aliphatic carbocycles.